The number of nitrogens with zero attached hydrogens (tertiary/aromatic N) is 7. The van der Waals surface area contributed by atoms with Gasteiger partial charge in [-0.1, -0.05) is 97.4 Å². The fraction of sp³-hybridized carbons (Fsp3) is 0.300. The summed E-state index contributed by atoms with van der Waals surface area (Å²) in [6, 6.07) is 24.6. The van der Waals surface area contributed by atoms with Gasteiger partial charge in [-0.15, -0.1) is 10.2 Å². The summed E-state index contributed by atoms with van der Waals surface area (Å²) in [4.78, 5) is 7.09. The number of aromatic nitrogens is 7. The topological polar surface area (TPSA) is 83.5 Å². The SMILES string of the molecule is CCCCc1nnc(SCc2ccc(Cl)cc2)n1Cc1ccc(-c2ccccc2-c2nnn[n-]2)cc1.[CH3][Sn+]([CH3])[CH3]. The predicted octanol–water partition coefficient (Wildman–Crippen LogP) is 7.46. The van der Waals surface area contributed by atoms with Crippen LogP contribution < -0.4 is 5.10 Å². The molecule has 0 unspecified atom stereocenters. The predicted molar refractivity (Wildman–Crippen MR) is 166 cm³/mol. The number of hydrogen-bond donors (Lipinski definition) is 0. The summed E-state index contributed by atoms with van der Waals surface area (Å²) < 4.78 is 2.24. The van der Waals surface area contributed by atoms with E-state index in [1.807, 2.05) is 30.3 Å². The van der Waals surface area contributed by atoms with Gasteiger partial charge in [-0.3, -0.25) is 10.3 Å². The third-order valence-corrected chi connectivity index (χ3v) is 7.21. The zero-order valence-electron chi connectivity index (χ0n) is 23.4. The van der Waals surface area contributed by atoms with Crippen molar-refractivity contribution in [2.24, 2.45) is 0 Å². The molecule has 0 fully saturated rings. The number of benzene rings is 3. The van der Waals surface area contributed by atoms with Gasteiger partial charge in [-0.2, -0.15) is 5.21 Å². The van der Waals surface area contributed by atoms with E-state index in [-0.39, 0.29) is 0 Å². The molecule has 2 aromatic heterocycles. The maximum absolute atomic E-state index is 6.04. The molecule has 2 heterocycles. The van der Waals surface area contributed by atoms with Gasteiger partial charge in [0.25, 0.3) is 0 Å². The van der Waals surface area contributed by atoms with Crippen molar-refractivity contribution in [3.05, 3.63) is 94.8 Å². The molecule has 0 spiro atoms. The Morgan fingerprint density at radius 2 is 1.52 bits per heavy atom. The molecule has 0 aliphatic heterocycles. The van der Waals surface area contributed by atoms with Crippen LogP contribution in [0.25, 0.3) is 22.5 Å². The number of aryl methyl sites for hydroxylation is 1. The zero-order valence-corrected chi connectivity index (χ0v) is 27.8. The van der Waals surface area contributed by atoms with Gasteiger partial charge in [-0.05, 0) is 46.4 Å². The molecule has 0 radical (unpaired) electrons. The quantitative estimate of drug-likeness (QED) is 0.112. The van der Waals surface area contributed by atoms with Crippen LogP contribution >= 0.6 is 23.4 Å². The van der Waals surface area contributed by atoms with E-state index in [4.69, 9.17) is 11.6 Å². The Morgan fingerprint density at radius 3 is 2.17 bits per heavy atom. The third-order valence-electron chi connectivity index (χ3n) is 5.92. The van der Waals surface area contributed by atoms with Gasteiger partial charge in [-0.25, -0.2) is 0 Å². The molecule has 0 aliphatic carbocycles. The molecule has 0 atom stereocenters. The molecule has 0 N–H and O–H groups in total. The van der Waals surface area contributed by atoms with Gasteiger partial charge in [0.2, 0.25) is 0 Å². The van der Waals surface area contributed by atoms with E-state index >= 15 is 0 Å². The van der Waals surface area contributed by atoms with Crippen molar-refractivity contribution in [1.82, 2.24) is 35.4 Å². The van der Waals surface area contributed by atoms with Gasteiger partial charge in [0.05, 0.1) is 6.54 Å². The van der Waals surface area contributed by atoms with Gasteiger partial charge in [0.15, 0.2) is 5.16 Å². The van der Waals surface area contributed by atoms with Crippen molar-refractivity contribution >= 4 is 43.1 Å². The molecule has 0 amide bonds. The first kappa shape index (κ1) is 30.3. The van der Waals surface area contributed by atoms with Crippen LogP contribution in [0.3, 0.4) is 0 Å². The third kappa shape index (κ3) is 8.65. The van der Waals surface area contributed by atoms with Crippen molar-refractivity contribution < 1.29 is 0 Å². The first-order valence-corrected chi connectivity index (χ1v) is 23.3. The Balaban J connectivity index is 0.000000867. The summed E-state index contributed by atoms with van der Waals surface area (Å²) in [7, 11) is 0. The Hall–Kier alpha value is -2.69. The summed E-state index contributed by atoms with van der Waals surface area (Å²) in [6.45, 7) is 2.91. The van der Waals surface area contributed by atoms with Crippen LogP contribution in [0.1, 0.15) is 36.7 Å². The van der Waals surface area contributed by atoms with Crippen molar-refractivity contribution in [1.29, 1.82) is 0 Å². The van der Waals surface area contributed by atoms with Gasteiger partial charge in [0, 0.05) is 23.0 Å². The molecule has 10 heteroatoms. The summed E-state index contributed by atoms with van der Waals surface area (Å²) in [5, 5.41) is 26.1. The van der Waals surface area contributed by atoms with Crippen LogP contribution in [-0.4, -0.2) is 50.0 Å². The zero-order chi connectivity index (χ0) is 28.3. The van der Waals surface area contributed by atoms with Crippen LogP contribution in [0.15, 0.2) is 78.0 Å². The normalized spacial score (nSPS) is 10.7. The van der Waals surface area contributed by atoms with Crippen molar-refractivity contribution in [3.8, 4) is 22.5 Å². The second-order valence-corrected chi connectivity index (χ2v) is 19.9. The summed E-state index contributed by atoms with van der Waals surface area (Å²) in [6.07, 6.45) is 3.12. The van der Waals surface area contributed by atoms with Gasteiger partial charge >= 0.3 is 34.6 Å². The standard InChI is InChI=1S/C27H25ClN7S.3CH3.Sn/c1-2-3-8-25-29-32-27(36-18-20-11-15-22(28)16-12-20)35(25)17-19-9-13-21(14-10-19)23-6-4-5-7-24(23)26-30-33-34-31-26;;;;/h4-7,9-16H,2-3,8,17-18H2,1H3;3*1H3;/q-1;;;;+1. The molecule has 5 aromatic rings. The van der Waals surface area contributed by atoms with E-state index in [9.17, 15) is 0 Å². The Bertz CT molecular complexity index is 1450. The molecule has 0 bridgehead atoms. The minimum atomic E-state index is -0.543. The fourth-order valence-corrected chi connectivity index (χ4v) is 5.03. The van der Waals surface area contributed by atoms with Gasteiger partial charge < -0.3 is 9.67 Å². The van der Waals surface area contributed by atoms with E-state index in [2.05, 4.69) is 99.6 Å². The van der Waals surface area contributed by atoms with Crippen LogP contribution in [0.4, 0.5) is 0 Å². The van der Waals surface area contributed by atoms with Crippen LogP contribution in [-0.2, 0) is 18.7 Å². The van der Waals surface area contributed by atoms with E-state index in [1.165, 1.54) is 11.1 Å². The average molecular weight is 679 g/mol. The number of thioether (sulfide) groups is 1. The summed E-state index contributed by atoms with van der Waals surface area (Å²) >= 11 is 7.19. The first-order chi connectivity index (χ1) is 19.4. The second-order valence-electron chi connectivity index (χ2n) is 9.95. The number of hydrogen-bond acceptors (Lipinski definition) is 6. The molecule has 206 valence electrons. The van der Waals surface area contributed by atoms with Crippen LogP contribution in [0.5, 0.6) is 0 Å². The van der Waals surface area contributed by atoms with E-state index in [0.717, 1.165) is 64.3 Å². The number of unbranched alkanes of at least 4 members (excludes halogenated alkanes) is 1. The van der Waals surface area contributed by atoms with Crippen molar-refractivity contribution in [2.75, 3.05) is 0 Å². The summed E-state index contributed by atoms with van der Waals surface area (Å²) in [5.74, 6) is 2.37. The van der Waals surface area contributed by atoms with Crippen molar-refractivity contribution in [3.63, 3.8) is 0 Å². The molecular weight excluding hydrogens is 645 g/mol. The maximum atomic E-state index is 6.04. The molecule has 40 heavy (non-hydrogen) atoms. The van der Waals surface area contributed by atoms with E-state index < -0.39 is 19.8 Å². The summed E-state index contributed by atoms with van der Waals surface area (Å²) in [5.41, 5.74) is 5.44. The minimum absolute atomic E-state index is 0.530. The van der Waals surface area contributed by atoms with E-state index in [0.29, 0.717) is 5.82 Å². The Morgan fingerprint density at radius 1 is 0.850 bits per heavy atom. The molecule has 0 aliphatic rings. The molecule has 7 nitrogen and oxygen atoms in total. The molecule has 5 rings (SSSR count). The number of halogens is 1. The number of rotatable bonds is 10. The molecule has 3 aromatic carbocycles. The molecule has 0 saturated heterocycles. The fourth-order valence-electron chi connectivity index (χ4n) is 3.99. The Kier molecular flexibility index (Phi) is 11.6. The monoisotopic (exact) mass is 679 g/mol. The first-order valence-electron chi connectivity index (χ1n) is 13.4. The van der Waals surface area contributed by atoms with E-state index in [1.54, 1.807) is 11.8 Å². The molecular formula is C30H34ClN7SSn. The van der Waals surface area contributed by atoms with Gasteiger partial charge in [0.1, 0.15) is 5.82 Å². The second kappa shape index (κ2) is 15.3. The van der Waals surface area contributed by atoms with Crippen LogP contribution in [0, 0.1) is 0 Å². The molecule has 0 saturated carbocycles. The average Bonchev–Trinajstić information content (AvgIpc) is 3.62. The number of tetrazole rings is 1. The Labute approximate surface area is 252 Å². The van der Waals surface area contributed by atoms with Crippen molar-refractivity contribution in [2.45, 2.75) is 58.5 Å². The van der Waals surface area contributed by atoms with Crippen LogP contribution in [0.2, 0.25) is 19.8 Å².